The van der Waals surface area contributed by atoms with Crippen LogP contribution in [0.25, 0.3) is 0 Å². The molecule has 11 heteroatoms. The summed E-state index contributed by atoms with van der Waals surface area (Å²) in [6.45, 7) is -1.22. The molecule has 8 nitrogen and oxygen atoms in total. The first-order chi connectivity index (χ1) is 15.3. The van der Waals surface area contributed by atoms with Crippen molar-refractivity contribution in [3.63, 3.8) is 0 Å². The summed E-state index contributed by atoms with van der Waals surface area (Å²) in [4.78, 5) is 23.4. The van der Waals surface area contributed by atoms with Gasteiger partial charge in [-0.05, 0) is 36.4 Å². The number of carbonyl (C=O) groups is 1. The number of aromatic nitrogens is 3. The van der Waals surface area contributed by atoms with E-state index in [1.807, 2.05) is 6.07 Å². The van der Waals surface area contributed by atoms with Crippen LogP contribution in [0, 0.1) is 17.1 Å². The SMILES string of the molecule is N#Cc1ccc(=NCC(F)(F)c2ccccn2)n(O)c1CC(=O)NCc1ncccc1F. The third-order valence-electron chi connectivity index (χ3n) is 4.40. The molecule has 0 unspecified atom stereocenters. The van der Waals surface area contributed by atoms with Gasteiger partial charge in [-0.15, -0.1) is 0 Å². The molecule has 0 saturated heterocycles. The average molecular weight is 442 g/mol. The molecule has 0 aromatic carbocycles. The third kappa shape index (κ3) is 5.28. The minimum Gasteiger partial charge on any atom is -0.427 e. The Bertz CT molecular complexity index is 1220. The van der Waals surface area contributed by atoms with Crippen LogP contribution in [0.1, 0.15) is 22.6 Å². The zero-order valence-electron chi connectivity index (χ0n) is 16.5. The molecule has 164 valence electrons. The number of pyridine rings is 3. The second-order valence-electron chi connectivity index (χ2n) is 6.60. The molecule has 3 aromatic rings. The summed E-state index contributed by atoms with van der Waals surface area (Å²) >= 11 is 0. The fourth-order valence-electron chi connectivity index (χ4n) is 2.75. The summed E-state index contributed by atoms with van der Waals surface area (Å²) in [7, 11) is 0. The van der Waals surface area contributed by atoms with E-state index in [1.54, 1.807) is 0 Å². The molecule has 0 aliphatic heterocycles. The minimum atomic E-state index is -3.40. The summed E-state index contributed by atoms with van der Waals surface area (Å²) in [6, 6.07) is 10.9. The quantitative estimate of drug-likeness (QED) is 0.544. The van der Waals surface area contributed by atoms with Gasteiger partial charge in [0.15, 0.2) is 5.49 Å². The van der Waals surface area contributed by atoms with Gasteiger partial charge in [0.1, 0.15) is 24.1 Å². The van der Waals surface area contributed by atoms with E-state index in [2.05, 4.69) is 20.3 Å². The Labute approximate surface area is 180 Å². The van der Waals surface area contributed by atoms with Gasteiger partial charge in [-0.25, -0.2) is 4.39 Å². The van der Waals surface area contributed by atoms with Crippen LogP contribution in [0.3, 0.4) is 0 Å². The van der Waals surface area contributed by atoms with Crippen LogP contribution in [-0.2, 0) is 23.7 Å². The van der Waals surface area contributed by atoms with Crippen molar-refractivity contribution in [2.75, 3.05) is 6.54 Å². The van der Waals surface area contributed by atoms with Crippen molar-refractivity contribution in [2.45, 2.75) is 18.9 Å². The number of nitrogens with one attached hydrogen (secondary N) is 1. The maximum atomic E-state index is 14.3. The first-order valence-corrected chi connectivity index (χ1v) is 9.32. The van der Waals surface area contributed by atoms with E-state index in [-0.39, 0.29) is 29.0 Å². The van der Waals surface area contributed by atoms with Gasteiger partial charge >= 0.3 is 5.92 Å². The van der Waals surface area contributed by atoms with Gasteiger partial charge in [0, 0.05) is 12.4 Å². The van der Waals surface area contributed by atoms with Crippen molar-refractivity contribution >= 4 is 5.91 Å². The molecule has 2 N–H and O–H groups in total. The van der Waals surface area contributed by atoms with Crippen molar-refractivity contribution in [3.8, 4) is 6.07 Å². The first-order valence-electron chi connectivity index (χ1n) is 9.32. The van der Waals surface area contributed by atoms with E-state index in [0.717, 1.165) is 6.07 Å². The number of halogens is 3. The number of nitrogens with zero attached hydrogens (tertiary/aromatic N) is 5. The van der Waals surface area contributed by atoms with Crippen LogP contribution in [0.15, 0.2) is 59.9 Å². The first kappa shape index (κ1) is 22.5. The molecule has 3 aromatic heterocycles. The molecule has 0 aliphatic rings. The van der Waals surface area contributed by atoms with Crippen LogP contribution < -0.4 is 10.8 Å². The molecule has 3 heterocycles. The van der Waals surface area contributed by atoms with Gasteiger partial charge in [0.2, 0.25) is 5.91 Å². The normalized spacial score (nSPS) is 11.8. The molecular formula is C21H17F3N6O2. The van der Waals surface area contributed by atoms with Gasteiger partial charge in [-0.1, -0.05) is 6.07 Å². The van der Waals surface area contributed by atoms with Crippen LogP contribution >= 0.6 is 0 Å². The Balaban J connectivity index is 1.80. The minimum absolute atomic E-state index is 0.0127. The molecule has 32 heavy (non-hydrogen) atoms. The number of hydrogen-bond acceptors (Lipinski definition) is 6. The van der Waals surface area contributed by atoms with Crippen LogP contribution in [0.2, 0.25) is 0 Å². The summed E-state index contributed by atoms with van der Waals surface area (Å²) in [5.41, 5.74) is -0.962. The van der Waals surface area contributed by atoms with E-state index < -0.39 is 36.3 Å². The highest BCUT2D eigenvalue weighted by Gasteiger charge is 2.32. The van der Waals surface area contributed by atoms with Crippen LogP contribution in [0.4, 0.5) is 13.2 Å². The van der Waals surface area contributed by atoms with Crippen molar-refractivity contribution in [1.82, 2.24) is 20.0 Å². The second kappa shape index (κ2) is 9.74. The highest BCUT2D eigenvalue weighted by Crippen LogP contribution is 2.25. The summed E-state index contributed by atoms with van der Waals surface area (Å²) in [6.07, 6.45) is 2.12. The zero-order chi connectivity index (χ0) is 23.1. The van der Waals surface area contributed by atoms with E-state index in [1.165, 1.54) is 48.8 Å². The average Bonchev–Trinajstić information content (AvgIpc) is 2.79. The predicted octanol–water partition coefficient (Wildman–Crippen LogP) is 2.08. The zero-order valence-corrected chi connectivity index (χ0v) is 16.5. The lowest BCUT2D eigenvalue weighted by atomic mass is 10.1. The Kier molecular flexibility index (Phi) is 6.84. The Morgan fingerprint density at radius 3 is 2.66 bits per heavy atom. The van der Waals surface area contributed by atoms with Gasteiger partial charge < -0.3 is 10.5 Å². The number of amides is 1. The molecular weight excluding hydrogens is 425 g/mol. The standard InChI is InChI=1S/C21H17F3N6O2/c22-15-4-3-9-26-16(15)12-28-20(31)10-17-14(11-25)6-7-19(30(17)32)29-13-21(23,24)18-5-1-2-8-27-18/h1-9,32H,10,12-13H2,(H,28,31). The molecule has 3 rings (SSSR count). The molecule has 0 aliphatic carbocycles. The molecule has 0 bridgehead atoms. The highest BCUT2D eigenvalue weighted by molar-refractivity contribution is 5.78. The molecule has 0 spiro atoms. The maximum absolute atomic E-state index is 14.3. The number of carbonyl (C=O) groups excluding carboxylic acids is 1. The number of rotatable bonds is 7. The Morgan fingerprint density at radius 1 is 1.19 bits per heavy atom. The lowest BCUT2D eigenvalue weighted by Gasteiger charge is -2.14. The summed E-state index contributed by atoms with van der Waals surface area (Å²) in [5.74, 6) is -4.64. The molecule has 0 atom stereocenters. The molecule has 0 fully saturated rings. The van der Waals surface area contributed by atoms with Crippen LogP contribution in [-0.4, -0.2) is 32.4 Å². The third-order valence-corrected chi connectivity index (χ3v) is 4.40. The van der Waals surface area contributed by atoms with E-state index >= 15 is 0 Å². The Morgan fingerprint density at radius 2 is 1.97 bits per heavy atom. The number of hydrogen-bond donors (Lipinski definition) is 2. The van der Waals surface area contributed by atoms with E-state index in [0.29, 0.717) is 4.73 Å². The number of nitriles is 1. The Hall–Kier alpha value is -4.20. The van der Waals surface area contributed by atoms with E-state index in [4.69, 9.17) is 0 Å². The smallest absolute Gasteiger partial charge is 0.308 e. The maximum Gasteiger partial charge on any atom is 0.308 e. The van der Waals surface area contributed by atoms with Gasteiger partial charge in [-0.2, -0.15) is 18.8 Å². The fraction of sp³-hybridized carbons (Fsp3) is 0.190. The lowest BCUT2D eigenvalue weighted by molar-refractivity contribution is -0.120. The molecule has 0 radical (unpaired) electrons. The monoisotopic (exact) mass is 442 g/mol. The van der Waals surface area contributed by atoms with Crippen molar-refractivity contribution < 1.29 is 23.2 Å². The van der Waals surface area contributed by atoms with Crippen LogP contribution in [0.5, 0.6) is 0 Å². The summed E-state index contributed by atoms with van der Waals surface area (Å²) < 4.78 is 42.7. The molecule has 1 amide bonds. The lowest BCUT2D eigenvalue weighted by Crippen LogP contribution is -2.31. The number of alkyl halides is 2. The highest BCUT2D eigenvalue weighted by atomic mass is 19.3. The van der Waals surface area contributed by atoms with Crippen molar-refractivity contribution in [3.05, 3.63) is 88.8 Å². The van der Waals surface area contributed by atoms with Crippen molar-refractivity contribution in [1.29, 1.82) is 5.26 Å². The summed E-state index contributed by atoms with van der Waals surface area (Å²) in [5, 5.41) is 22.1. The van der Waals surface area contributed by atoms with Gasteiger partial charge in [-0.3, -0.25) is 19.8 Å². The predicted molar refractivity (Wildman–Crippen MR) is 105 cm³/mol. The fourth-order valence-corrected chi connectivity index (χ4v) is 2.75. The second-order valence-corrected chi connectivity index (χ2v) is 6.60. The molecule has 0 saturated carbocycles. The van der Waals surface area contributed by atoms with Gasteiger partial charge in [0.05, 0.1) is 29.9 Å². The van der Waals surface area contributed by atoms with Crippen molar-refractivity contribution in [2.24, 2.45) is 4.99 Å². The van der Waals surface area contributed by atoms with Gasteiger partial charge in [0.25, 0.3) is 0 Å². The van der Waals surface area contributed by atoms with E-state index in [9.17, 15) is 28.4 Å². The topological polar surface area (TPSA) is 116 Å². The largest absolute Gasteiger partial charge is 0.427 e.